The molecule has 21 heavy (non-hydrogen) atoms. The van der Waals surface area contributed by atoms with Gasteiger partial charge in [-0.1, -0.05) is 18.2 Å². The van der Waals surface area contributed by atoms with E-state index < -0.39 is 0 Å². The molecule has 0 aliphatic heterocycles. The maximum Gasteiger partial charge on any atom is 0.323 e. The number of pyridine rings is 1. The topological polar surface area (TPSA) is 71.8 Å². The van der Waals surface area contributed by atoms with Gasteiger partial charge in [0.2, 0.25) is 0 Å². The molecule has 2 amide bonds. The second-order valence-electron chi connectivity index (χ2n) is 4.32. The van der Waals surface area contributed by atoms with Crippen LogP contribution in [0.2, 0.25) is 0 Å². The predicted octanol–water partition coefficient (Wildman–Crippen LogP) is 2.91. The molecule has 0 aliphatic rings. The van der Waals surface area contributed by atoms with Crippen LogP contribution in [0, 0.1) is 0 Å². The molecule has 0 unspecified atom stereocenters. The minimum absolute atomic E-state index is 0.310. The first-order valence-electron chi connectivity index (χ1n) is 6.39. The van der Waals surface area contributed by atoms with E-state index in [1.54, 1.807) is 29.5 Å². The van der Waals surface area contributed by atoms with Crippen molar-refractivity contribution in [1.82, 2.24) is 14.8 Å². The number of carbonyl (C=O) groups excluding carboxylic acids is 1. The highest BCUT2D eigenvalue weighted by molar-refractivity contribution is 5.99. The van der Waals surface area contributed by atoms with E-state index >= 15 is 0 Å². The smallest absolute Gasteiger partial charge is 0.308 e. The Morgan fingerprint density at radius 1 is 0.952 bits per heavy atom. The second kappa shape index (κ2) is 5.87. The van der Waals surface area contributed by atoms with Gasteiger partial charge in [0.1, 0.15) is 0 Å². The number of rotatable bonds is 3. The fraction of sp³-hybridized carbons (Fsp3) is 0. The number of aromatic nitrogens is 3. The lowest BCUT2D eigenvalue weighted by molar-refractivity contribution is 0.262. The molecule has 2 heterocycles. The molecule has 0 saturated heterocycles. The molecule has 0 aliphatic carbocycles. The number of carbonyl (C=O) groups is 1. The Labute approximate surface area is 121 Å². The molecule has 2 aromatic heterocycles. The Kier molecular flexibility index (Phi) is 3.60. The van der Waals surface area contributed by atoms with Crippen molar-refractivity contribution < 1.29 is 4.79 Å². The summed E-state index contributed by atoms with van der Waals surface area (Å²) >= 11 is 0. The highest BCUT2D eigenvalue weighted by Crippen LogP contribution is 2.11. The monoisotopic (exact) mass is 279 g/mol. The van der Waals surface area contributed by atoms with E-state index in [0.29, 0.717) is 5.69 Å². The van der Waals surface area contributed by atoms with E-state index in [4.69, 9.17) is 0 Å². The molecule has 2 N–H and O–H groups in total. The van der Waals surface area contributed by atoms with Gasteiger partial charge in [0.15, 0.2) is 0 Å². The van der Waals surface area contributed by atoms with E-state index in [-0.39, 0.29) is 6.03 Å². The number of benzene rings is 1. The summed E-state index contributed by atoms with van der Waals surface area (Å²) in [5, 5.41) is 9.67. The Morgan fingerprint density at radius 3 is 2.43 bits per heavy atom. The SMILES string of the molecule is O=C(Nc1ccccc1)Nc1cnn(-c2ccncc2)c1. The summed E-state index contributed by atoms with van der Waals surface area (Å²) in [6.07, 6.45) is 6.70. The maximum atomic E-state index is 11.9. The lowest BCUT2D eigenvalue weighted by Crippen LogP contribution is -2.18. The lowest BCUT2D eigenvalue weighted by atomic mass is 10.3. The first kappa shape index (κ1) is 12.9. The minimum atomic E-state index is -0.310. The molecule has 0 bridgehead atoms. The average Bonchev–Trinajstić information content (AvgIpc) is 2.97. The Morgan fingerprint density at radius 2 is 1.67 bits per heavy atom. The third-order valence-corrected chi connectivity index (χ3v) is 2.80. The van der Waals surface area contributed by atoms with Crippen LogP contribution in [0.3, 0.4) is 0 Å². The summed E-state index contributed by atoms with van der Waals surface area (Å²) in [6, 6.07) is 12.6. The molecule has 0 fully saturated rings. The third-order valence-electron chi connectivity index (χ3n) is 2.80. The van der Waals surface area contributed by atoms with E-state index in [0.717, 1.165) is 11.4 Å². The number of nitrogens with one attached hydrogen (secondary N) is 2. The molecule has 0 spiro atoms. The van der Waals surface area contributed by atoms with Crippen LogP contribution in [0.1, 0.15) is 0 Å². The summed E-state index contributed by atoms with van der Waals surface area (Å²) in [7, 11) is 0. The molecule has 0 radical (unpaired) electrons. The van der Waals surface area contributed by atoms with E-state index in [2.05, 4.69) is 20.7 Å². The van der Waals surface area contributed by atoms with Gasteiger partial charge in [0, 0.05) is 18.1 Å². The van der Waals surface area contributed by atoms with E-state index in [1.807, 2.05) is 42.5 Å². The van der Waals surface area contributed by atoms with Gasteiger partial charge in [-0.2, -0.15) is 5.10 Å². The van der Waals surface area contributed by atoms with Gasteiger partial charge in [0.25, 0.3) is 0 Å². The van der Waals surface area contributed by atoms with Crippen molar-refractivity contribution in [2.75, 3.05) is 10.6 Å². The molecule has 6 nitrogen and oxygen atoms in total. The van der Waals surface area contributed by atoms with Gasteiger partial charge < -0.3 is 10.6 Å². The number of hydrogen-bond donors (Lipinski definition) is 2. The van der Waals surface area contributed by atoms with Crippen LogP contribution >= 0.6 is 0 Å². The van der Waals surface area contributed by atoms with Crippen molar-refractivity contribution in [3.8, 4) is 5.69 Å². The maximum absolute atomic E-state index is 11.9. The van der Waals surface area contributed by atoms with Crippen molar-refractivity contribution in [3.05, 3.63) is 67.3 Å². The fourth-order valence-corrected chi connectivity index (χ4v) is 1.84. The van der Waals surface area contributed by atoms with Crippen LogP contribution in [-0.4, -0.2) is 20.8 Å². The van der Waals surface area contributed by atoms with Crippen LogP contribution in [0.25, 0.3) is 5.69 Å². The molecule has 3 rings (SSSR count). The van der Waals surface area contributed by atoms with Crippen LogP contribution < -0.4 is 10.6 Å². The number of anilines is 2. The molecular formula is C15H13N5O. The number of para-hydroxylation sites is 1. The molecule has 6 heteroatoms. The van der Waals surface area contributed by atoms with Crippen molar-refractivity contribution in [3.63, 3.8) is 0 Å². The van der Waals surface area contributed by atoms with Gasteiger partial charge in [-0.05, 0) is 24.3 Å². The van der Waals surface area contributed by atoms with E-state index in [9.17, 15) is 4.79 Å². The van der Waals surface area contributed by atoms with E-state index in [1.165, 1.54) is 0 Å². The summed E-state index contributed by atoms with van der Waals surface area (Å²) in [5.74, 6) is 0. The van der Waals surface area contributed by atoms with Gasteiger partial charge in [-0.25, -0.2) is 9.48 Å². The van der Waals surface area contributed by atoms with Gasteiger partial charge in [0.05, 0.1) is 23.8 Å². The quantitative estimate of drug-likeness (QED) is 0.774. The molecule has 0 atom stereocenters. The summed E-state index contributed by atoms with van der Waals surface area (Å²) in [6.45, 7) is 0. The van der Waals surface area contributed by atoms with Crippen LogP contribution in [0.15, 0.2) is 67.3 Å². The number of nitrogens with zero attached hydrogens (tertiary/aromatic N) is 3. The van der Waals surface area contributed by atoms with Crippen molar-refractivity contribution in [1.29, 1.82) is 0 Å². The highest BCUT2D eigenvalue weighted by atomic mass is 16.2. The first-order valence-corrected chi connectivity index (χ1v) is 6.39. The normalized spacial score (nSPS) is 10.1. The van der Waals surface area contributed by atoms with Gasteiger partial charge in [-0.3, -0.25) is 4.98 Å². The molecular weight excluding hydrogens is 266 g/mol. The van der Waals surface area contributed by atoms with Crippen LogP contribution in [0.5, 0.6) is 0 Å². The average molecular weight is 279 g/mol. The number of amides is 2. The number of hydrogen-bond acceptors (Lipinski definition) is 3. The lowest BCUT2D eigenvalue weighted by Gasteiger charge is -2.05. The van der Waals surface area contributed by atoms with Gasteiger partial charge in [-0.15, -0.1) is 0 Å². The Hall–Kier alpha value is -3.15. The second-order valence-corrected chi connectivity index (χ2v) is 4.32. The highest BCUT2D eigenvalue weighted by Gasteiger charge is 2.05. The molecule has 0 saturated carbocycles. The number of urea groups is 1. The predicted molar refractivity (Wildman–Crippen MR) is 80.4 cm³/mol. The van der Waals surface area contributed by atoms with Crippen LogP contribution in [-0.2, 0) is 0 Å². The van der Waals surface area contributed by atoms with Crippen molar-refractivity contribution >= 4 is 17.4 Å². The van der Waals surface area contributed by atoms with Crippen molar-refractivity contribution in [2.45, 2.75) is 0 Å². The summed E-state index contributed by atoms with van der Waals surface area (Å²) in [5.41, 5.74) is 2.22. The summed E-state index contributed by atoms with van der Waals surface area (Å²) in [4.78, 5) is 15.8. The minimum Gasteiger partial charge on any atom is -0.308 e. The molecule has 3 aromatic rings. The zero-order chi connectivity index (χ0) is 14.5. The Balaban J connectivity index is 1.66. The molecule has 1 aromatic carbocycles. The zero-order valence-electron chi connectivity index (χ0n) is 11.1. The Bertz CT molecular complexity index is 724. The fourth-order valence-electron chi connectivity index (χ4n) is 1.84. The zero-order valence-corrected chi connectivity index (χ0v) is 11.1. The standard InChI is InChI=1S/C15H13N5O/c21-15(18-12-4-2-1-3-5-12)19-13-10-17-20(11-13)14-6-8-16-9-7-14/h1-11H,(H2,18,19,21). The van der Waals surface area contributed by atoms with Gasteiger partial charge >= 0.3 is 6.03 Å². The van der Waals surface area contributed by atoms with Crippen molar-refractivity contribution in [2.24, 2.45) is 0 Å². The van der Waals surface area contributed by atoms with Crippen LogP contribution in [0.4, 0.5) is 16.2 Å². The summed E-state index contributed by atoms with van der Waals surface area (Å²) < 4.78 is 1.67. The third kappa shape index (κ3) is 3.24. The molecule has 104 valence electrons. The first-order chi connectivity index (χ1) is 10.3. The largest absolute Gasteiger partial charge is 0.323 e.